The first-order valence-electron chi connectivity index (χ1n) is 8.88. The molecule has 6 heteroatoms. The summed E-state index contributed by atoms with van der Waals surface area (Å²) in [5.41, 5.74) is 1.15. The Morgan fingerprint density at radius 1 is 1.15 bits per heavy atom. The van der Waals surface area contributed by atoms with Crippen LogP contribution in [-0.4, -0.2) is 31.0 Å². The molecule has 1 aliphatic carbocycles. The Kier molecular flexibility index (Phi) is 5.44. The molecule has 1 fully saturated rings. The highest BCUT2D eigenvalue weighted by atomic mass is 19.4. The number of hydrogen-bond acceptors (Lipinski definition) is 2. The Labute approximate surface area is 156 Å². The van der Waals surface area contributed by atoms with Crippen molar-refractivity contribution < 1.29 is 22.7 Å². The van der Waals surface area contributed by atoms with Crippen molar-refractivity contribution in [2.45, 2.75) is 25.4 Å². The molecule has 0 N–H and O–H groups in total. The number of benzene rings is 2. The topological polar surface area (TPSA) is 29.5 Å². The van der Waals surface area contributed by atoms with Gasteiger partial charge in [0.2, 0.25) is 5.91 Å². The fourth-order valence-electron chi connectivity index (χ4n) is 3.16. The number of rotatable bonds is 6. The number of hydrogen-bond donors (Lipinski definition) is 0. The van der Waals surface area contributed by atoms with E-state index in [2.05, 4.69) is 0 Å². The lowest BCUT2D eigenvalue weighted by atomic mass is 10.1. The highest BCUT2D eigenvalue weighted by molar-refractivity contribution is 5.82. The fraction of sp³-hybridized carbons (Fsp3) is 0.381. The molecule has 0 heterocycles. The van der Waals surface area contributed by atoms with Crippen LogP contribution < -0.4 is 4.74 Å². The molecule has 2 unspecified atom stereocenters. The van der Waals surface area contributed by atoms with Gasteiger partial charge in [-0.1, -0.05) is 30.3 Å². The highest BCUT2D eigenvalue weighted by Crippen LogP contribution is 2.48. The van der Waals surface area contributed by atoms with Gasteiger partial charge in [0.15, 0.2) is 0 Å². The lowest BCUT2D eigenvalue weighted by Crippen LogP contribution is -2.32. The average Bonchev–Trinajstić information content (AvgIpc) is 3.42. The maximum absolute atomic E-state index is 12.6. The highest BCUT2D eigenvalue weighted by Gasteiger charge is 2.45. The van der Waals surface area contributed by atoms with Gasteiger partial charge in [-0.25, -0.2) is 0 Å². The molecule has 1 aliphatic rings. The van der Waals surface area contributed by atoms with E-state index in [9.17, 15) is 18.0 Å². The zero-order valence-electron chi connectivity index (χ0n) is 15.3. The van der Waals surface area contributed by atoms with Gasteiger partial charge in [-0.05, 0) is 48.6 Å². The maximum Gasteiger partial charge on any atom is 0.416 e. The minimum absolute atomic E-state index is 0.000445. The van der Waals surface area contributed by atoms with E-state index in [-0.39, 0.29) is 17.7 Å². The molecule has 144 valence electrons. The molecule has 0 aromatic heterocycles. The van der Waals surface area contributed by atoms with Gasteiger partial charge >= 0.3 is 6.18 Å². The van der Waals surface area contributed by atoms with Crippen LogP contribution in [0.5, 0.6) is 5.75 Å². The summed E-state index contributed by atoms with van der Waals surface area (Å²) >= 11 is 0. The first kappa shape index (κ1) is 19.3. The van der Waals surface area contributed by atoms with Crippen LogP contribution in [0.2, 0.25) is 0 Å². The van der Waals surface area contributed by atoms with Crippen molar-refractivity contribution in [2.75, 3.05) is 20.2 Å². The number of carbonyl (C=O) groups excluding carboxylic acids is 1. The van der Waals surface area contributed by atoms with Crippen molar-refractivity contribution in [1.29, 1.82) is 0 Å². The van der Waals surface area contributed by atoms with Crippen molar-refractivity contribution in [3.8, 4) is 5.75 Å². The SMILES string of the molecule is Cc1ccccc1OCCN(C)C(=O)C1CC1c1ccc(C(F)(F)F)cc1. The van der Waals surface area contributed by atoms with Crippen LogP contribution in [0.25, 0.3) is 0 Å². The lowest BCUT2D eigenvalue weighted by Gasteiger charge is -2.18. The Hall–Kier alpha value is -2.50. The monoisotopic (exact) mass is 377 g/mol. The number of halogens is 3. The fourth-order valence-corrected chi connectivity index (χ4v) is 3.16. The van der Waals surface area contributed by atoms with Gasteiger partial charge in [0.05, 0.1) is 12.1 Å². The van der Waals surface area contributed by atoms with Gasteiger partial charge < -0.3 is 9.64 Å². The Morgan fingerprint density at radius 3 is 2.44 bits per heavy atom. The second-order valence-electron chi connectivity index (χ2n) is 6.94. The summed E-state index contributed by atoms with van der Waals surface area (Å²) in [4.78, 5) is 14.1. The number of aryl methyl sites for hydroxylation is 1. The largest absolute Gasteiger partial charge is 0.491 e. The molecule has 1 amide bonds. The first-order chi connectivity index (χ1) is 12.8. The Balaban J connectivity index is 1.49. The predicted octanol–water partition coefficient (Wildman–Crippen LogP) is 4.65. The minimum atomic E-state index is -4.34. The van der Waals surface area contributed by atoms with E-state index in [0.717, 1.165) is 29.0 Å². The van der Waals surface area contributed by atoms with E-state index in [4.69, 9.17) is 4.74 Å². The average molecular weight is 377 g/mol. The standard InChI is InChI=1S/C21H22F3NO2/c1-14-5-3-4-6-19(14)27-12-11-25(2)20(26)18-13-17(18)15-7-9-16(10-8-15)21(22,23)24/h3-10,17-18H,11-13H2,1-2H3. The van der Waals surface area contributed by atoms with Gasteiger partial charge in [-0.2, -0.15) is 13.2 Å². The molecule has 0 radical (unpaired) electrons. The van der Waals surface area contributed by atoms with Crippen LogP contribution in [0.1, 0.15) is 29.0 Å². The molecule has 0 spiro atoms. The lowest BCUT2D eigenvalue weighted by molar-refractivity contribution is -0.137. The van der Waals surface area contributed by atoms with Crippen molar-refractivity contribution in [3.63, 3.8) is 0 Å². The molecule has 1 saturated carbocycles. The molecule has 0 aliphatic heterocycles. The zero-order chi connectivity index (χ0) is 19.6. The third kappa shape index (κ3) is 4.62. The molecule has 2 aromatic rings. The second kappa shape index (κ2) is 7.62. The third-order valence-electron chi connectivity index (χ3n) is 4.93. The number of nitrogens with zero attached hydrogens (tertiary/aromatic N) is 1. The van der Waals surface area contributed by atoms with Crippen molar-refractivity contribution in [2.24, 2.45) is 5.92 Å². The van der Waals surface area contributed by atoms with Crippen molar-refractivity contribution in [3.05, 3.63) is 65.2 Å². The van der Waals surface area contributed by atoms with Crippen LogP contribution in [0.3, 0.4) is 0 Å². The number of alkyl halides is 3. The van der Waals surface area contributed by atoms with Crippen LogP contribution in [-0.2, 0) is 11.0 Å². The van der Waals surface area contributed by atoms with Crippen LogP contribution >= 0.6 is 0 Å². The molecule has 2 atom stereocenters. The summed E-state index contributed by atoms with van der Waals surface area (Å²) < 4.78 is 43.6. The van der Waals surface area contributed by atoms with Crippen LogP contribution in [0.15, 0.2) is 48.5 Å². The summed E-state index contributed by atoms with van der Waals surface area (Å²) in [6, 6.07) is 12.8. The number of amides is 1. The second-order valence-corrected chi connectivity index (χ2v) is 6.94. The van der Waals surface area contributed by atoms with Gasteiger partial charge in [-0.3, -0.25) is 4.79 Å². The summed E-state index contributed by atoms with van der Waals surface area (Å²) in [5.74, 6) is 0.644. The molecule has 27 heavy (non-hydrogen) atoms. The number of likely N-dealkylation sites (N-methyl/N-ethyl adjacent to an activating group) is 1. The van der Waals surface area contributed by atoms with E-state index < -0.39 is 11.7 Å². The zero-order valence-corrected chi connectivity index (χ0v) is 15.3. The molecule has 0 saturated heterocycles. The molecule has 2 aromatic carbocycles. The summed E-state index contributed by atoms with van der Waals surface area (Å²) in [5, 5.41) is 0. The quantitative estimate of drug-likeness (QED) is 0.733. The predicted molar refractivity (Wildman–Crippen MR) is 96.6 cm³/mol. The summed E-state index contributed by atoms with van der Waals surface area (Å²) in [6.07, 6.45) is -3.66. The van der Waals surface area contributed by atoms with Crippen molar-refractivity contribution in [1.82, 2.24) is 4.90 Å². The van der Waals surface area contributed by atoms with Crippen LogP contribution in [0, 0.1) is 12.8 Å². The van der Waals surface area contributed by atoms with Gasteiger partial charge in [0.1, 0.15) is 12.4 Å². The van der Waals surface area contributed by atoms with Crippen LogP contribution in [0.4, 0.5) is 13.2 Å². The minimum Gasteiger partial charge on any atom is -0.491 e. The van der Waals surface area contributed by atoms with Gasteiger partial charge in [-0.15, -0.1) is 0 Å². The normalized spacial score (nSPS) is 18.9. The molecule has 3 rings (SSSR count). The summed E-state index contributed by atoms with van der Waals surface area (Å²) in [6.45, 7) is 2.82. The molecular weight excluding hydrogens is 355 g/mol. The van der Waals surface area contributed by atoms with E-state index in [1.54, 1.807) is 11.9 Å². The molecule has 0 bridgehead atoms. The van der Waals surface area contributed by atoms with E-state index in [1.165, 1.54) is 12.1 Å². The van der Waals surface area contributed by atoms with E-state index in [1.807, 2.05) is 31.2 Å². The third-order valence-corrected chi connectivity index (χ3v) is 4.93. The smallest absolute Gasteiger partial charge is 0.416 e. The Bertz CT molecular complexity index is 802. The number of carbonyl (C=O) groups is 1. The first-order valence-corrected chi connectivity index (χ1v) is 8.88. The summed E-state index contributed by atoms with van der Waals surface area (Å²) in [7, 11) is 1.73. The number of ether oxygens (including phenoxy) is 1. The van der Waals surface area contributed by atoms with E-state index in [0.29, 0.717) is 19.6 Å². The van der Waals surface area contributed by atoms with Gasteiger partial charge in [0, 0.05) is 13.0 Å². The van der Waals surface area contributed by atoms with E-state index >= 15 is 0 Å². The number of para-hydroxylation sites is 1. The molecule has 3 nitrogen and oxygen atoms in total. The molecular formula is C21H22F3NO2. The van der Waals surface area contributed by atoms with Crippen molar-refractivity contribution >= 4 is 5.91 Å². The Morgan fingerprint density at radius 2 is 1.81 bits per heavy atom. The van der Waals surface area contributed by atoms with Gasteiger partial charge in [0.25, 0.3) is 0 Å². The maximum atomic E-state index is 12.6.